The molecule has 0 spiro atoms. The second-order valence-corrected chi connectivity index (χ2v) is 10.6. The van der Waals surface area contributed by atoms with Gasteiger partial charge in [-0.05, 0) is 36.5 Å². The van der Waals surface area contributed by atoms with Gasteiger partial charge in [-0.15, -0.1) is 0 Å². The van der Waals surface area contributed by atoms with Crippen LogP contribution in [-0.4, -0.2) is 43.3 Å². The van der Waals surface area contributed by atoms with Crippen LogP contribution in [0.15, 0.2) is 24.3 Å². The smallest absolute Gasteiger partial charge is 0.233 e. The maximum atomic E-state index is 13.2. The molecule has 1 amide bonds. The number of rotatable bonds is 5. The second kappa shape index (κ2) is 6.92. The molecule has 6 heteroatoms. The molecule has 2 fully saturated rings. The maximum absolute atomic E-state index is 13.2. The monoisotopic (exact) mass is 383 g/mol. The number of hydrogen-bond donors (Lipinski definition) is 0. The second-order valence-electron chi connectivity index (χ2n) is 7.85. The summed E-state index contributed by atoms with van der Waals surface area (Å²) in [6.07, 6.45) is 3.70. The molecule has 0 unspecified atom stereocenters. The summed E-state index contributed by atoms with van der Waals surface area (Å²) in [5, 5.41) is 0.260. The van der Waals surface area contributed by atoms with Gasteiger partial charge in [-0.3, -0.25) is 4.79 Å². The molecule has 0 atom stereocenters. The number of carbonyl (C=O) groups excluding carboxylic acids is 1. The Labute approximate surface area is 155 Å². The van der Waals surface area contributed by atoms with E-state index >= 15 is 0 Å². The maximum Gasteiger partial charge on any atom is 0.233 e. The first-order chi connectivity index (χ1) is 11.7. The molecule has 0 N–H and O–H groups in total. The first-order valence-corrected chi connectivity index (χ1v) is 11.1. The third-order valence-corrected chi connectivity index (χ3v) is 8.17. The quantitative estimate of drug-likeness (QED) is 0.782. The Kier molecular flexibility index (Phi) is 5.18. The molecule has 1 saturated carbocycles. The molecular formula is C19H26ClNO3S. The van der Waals surface area contributed by atoms with Gasteiger partial charge in [0.1, 0.15) is 0 Å². The van der Waals surface area contributed by atoms with Crippen molar-refractivity contribution >= 4 is 27.3 Å². The summed E-state index contributed by atoms with van der Waals surface area (Å²) in [6, 6.07) is 7.54. The van der Waals surface area contributed by atoms with Crippen molar-refractivity contribution in [2.45, 2.75) is 50.2 Å². The molecular weight excluding hydrogens is 358 g/mol. The largest absolute Gasteiger partial charge is 0.339 e. The summed E-state index contributed by atoms with van der Waals surface area (Å²) in [5.74, 6) is 0.399. The van der Waals surface area contributed by atoms with E-state index in [1.54, 1.807) is 4.90 Å². The lowest BCUT2D eigenvalue weighted by molar-refractivity contribution is -0.140. The fourth-order valence-electron chi connectivity index (χ4n) is 4.11. The lowest BCUT2D eigenvalue weighted by Crippen LogP contribution is -2.61. The first-order valence-electron chi connectivity index (χ1n) is 9.01. The Hall–Kier alpha value is -1.07. The van der Waals surface area contributed by atoms with Gasteiger partial charge in [-0.2, -0.15) is 0 Å². The highest BCUT2D eigenvalue weighted by Crippen LogP contribution is 2.44. The average Bonchev–Trinajstić information content (AvgIpc) is 2.95. The molecule has 0 bridgehead atoms. The molecule has 0 aromatic heterocycles. The lowest BCUT2D eigenvalue weighted by atomic mass is 9.77. The molecule has 1 aromatic carbocycles. The summed E-state index contributed by atoms with van der Waals surface area (Å²) < 4.78 is 24.7. The summed E-state index contributed by atoms with van der Waals surface area (Å²) >= 11 is 5.99. The van der Waals surface area contributed by atoms with Gasteiger partial charge < -0.3 is 4.90 Å². The van der Waals surface area contributed by atoms with Crippen molar-refractivity contribution in [3.05, 3.63) is 34.9 Å². The van der Waals surface area contributed by atoms with Gasteiger partial charge in [0.25, 0.3) is 0 Å². The van der Waals surface area contributed by atoms with E-state index in [1.165, 1.54) is 0 Å². The molecule has 1 saturated heterocycles. The van der Waals surface area contributed by atoms with Crippen molar-refractivity contribution < 1.29 is 13.2 Å². The molecule has 25 heavy (non-hydrogen) atoms. The number of amides is 1. The normalized spacial score (nSPS) is 20.7. The van der Waals surface area contributed by atoms with E-state index in [-0.39, 0.29) is 17.6 Å². The van der Waals surface area contributed by atoms with Crippen molar-refractivity contribution in [2.75, 3.05) is 18.8 Å². The number of hydrogen-bond acceptors (Lipinski definition) is 3. The minimum absolute atomic E-state index is 0.0864. The molecule has 0 radical (unpaired) electrons. The van der Waals surface area contributed by atoms with Gasteiger partial charge in [-0.1, -0.05) is 50.4 Å². The number of carbonyl (C=O) groups is 1. The van der Waals surface area contributed by atoms with Gasteiger partial charge in [0.15, 0.2) is 9.84 Å². The summed E-state index contributed by atoms with van der Waals surface area (Å²) in [6.45, 7) is 4.49. The van der Waals surface area contributed by atoms with E-state index < -0.39 is 20.5 Å². The van der Waals surface area contributed by atoms with E-state index in [4.69, 9.17) is 11.6 Å². The molecule has 1 aromatic rings. The van der Waals surface area contributed by atoms with E-state index in [9.17, 15) is 13.2 Å². The van der Waals surface area contributed by atoms with E-state index in [1.807, 2.05) is 38.1 Å². The standard InChI is InChI=1S/C19H26ClNO3S/c1-14(2)13-25(23,24)17-11-21(12-17)18(22)19(9-3-4-10-19)15-5-7-16(20)8-6-15/h5-8,14,17H,3-4,9-13H2,1-2H3. The van der Waals surface area contributed by atoms with Crippen molar-refractivity contribution in [1.29, 1.82) is 0 Å². The van der Waals surface area contributed by atoms with Crippen molar-refractivity contribution in [1.82, 2.24) is 4.90 Å². The Bertz CT molecular complexity index is 730. The Morgan fingerprint density at radius 2 is 1.76 bits per heavy atom. The third kappa shape index (κ3) is 3.59. The number of likely N-dealkylation sites (tertiary alicyclic amines) is 1. The van der Waals surface area contributed by atoms with Crippen LogP contribution in [0.25, 0.3) is 0 Å². The average molecular weight is 384 g/mol. The molecule has 138 valence electrons. The number of sulfone groups is 1. The van der Waals surface area contributed by atoms with E-state index in [0.29, 0.717) is 18.1 Å². The van der Waals surface area contributed by atoms with Gasteiger partial charge >= 0.3 is 0 Å². The predicted octanol–water partition coefficient (Wildman–Crippen LogP) is 3.43. The zero-order valence-corrected chi connectivity index (χ0v) is 16.4. The molecule has 4 nitrogen and oxygen atoms in total. The van der Waals surface area contributed by atoms with Crippen LogP contribution < -0.4 is 0 Å². The fourth-order valence-corrected chi connectivity index (χ4v) is 6.25. The molecule has 2 aliphatic rings. The van der Waals surface area contributed by atoms with Crippen LogP contribution in [0.1, 0.15) is 45.1 Å². The number of halogens is 1. The van der Waals surface area contributed by atoms with Crippen molar-refractivity contribution in [2.24, 2.45) is 5.92 Å². The number of nitrogens with zero attached hydrogens (tertiary/aromatic N) is 1. The molecule has 1 heterocycles. The zero-order valence-electron chi connectivity index (χ0n) is 14.9. The summed E-state index contributed by atoms with van der Waals surface area (Å²) in [5.41, 5.74) is 0.505. The highest BCUT2D eigenvalue weighted by Gasteiger charge is 2.49. The van der Waals surface area contributed by atoms with Crippen LogP contribution >= 0.6 is 11.6 Å². The van der Waals surface area contributed by atoms with E-state index in [2.05, 4.69) is 0 Å². The van der Waals surface area contributed by atoms with Gasteiger partial charge in [0, 0.05) is 18.1 Å². The number of benzene rings is 1. The van der Waals surface area contributed by atoms with Crippen molar-refractivity contribution in [3.63, 3.8) is 0 Å². The van der Waals surface area contributed by atoms with Crippen LogP contribution in [0.5, 0.6) is 0 Å². The first kappa shape index (κ1) is 18.7. The predicted molar refractivity (Wildman–Crippen MR) is 101 cm³/mol. The zero-order chi connectivity index (χ0) is 18.2. The highest BCUT2D eigenvalue weighted by molar-refractivity contribution is 7.92. The topological polar surface area (TPSA) is 54.5 Å². The van der Waals surface area contributed by atoms with Gasteiger partial charge in [-0.25, -0.2) is 8.42 Å². The van der Waals surface area contributed by atoms with Crippen molar-refractivity contribution in [3.8, 4) is 0 Å². The minimum atomic E-state index is -3.11. The third-order valence-electron chi connectivity index (χ3n) is 5.47. The Morgan fingerprint density at radius 3 is 2.28 bits per heavy atom. The van der Waals surface area contributed by atoms with E-state index in [0.717, 1.165) is 31.2 Å². The minimum Gasteiger partial charge on any atom is -0.339 e. The molecule has 3 rings (SSSR count). The fraction of sp³-hybridized carbons (Fsp3) is 0.632. The Balaban J connectivity index is 1.75. The van der Waals surface area contributed by atoms with Crippen LogP contribution in [-0.2, 0) is 20.0 Å². The molecule has 1 aliphatic heterocycles. The lowest BCUT2D eigenvalue weighted by Gasteiger charge is -2.44. The van der Waals surface area contributed by atoms with Crippen LogP contribution in [0.4, 0.5) is 0 Å². The van der Waals surface area contributed by atoms with Crippen LogP contribution in [0.2, 0.25) is 5.02 Å². The Morgan fingerprint density at radius 1 is 1.20 bits per heavy atom. The van der Waals surface area contributed by atoms with Crippen LogP contribution in [0, 0.1) is 5.92 Å². The molecule has 1 aliphatic carbocycles. The van der Waals surface area contributed by atoms with Gasteiger partial charge in [0.05, 0.1) is 16.4 Å². The van der Waals surface area contributed by atoms with Gasteiger partial charge in [0.2, 0.25) is 5.91 Å². The summed E-state index contributed by atoms with van der Waals surface area (Å²) in [4.78, 5) is 15.0. The van der Waals surface area contributed by atoms with Crippen LogP contribution in [0.3, 0.4) is 0 Å². The highest BCUT2D eigenvalue weighted by atomic mass is 35.5. The SMILES string of the molecule is CC(C)CS(=O)(=O)C1CN(C(=O)C2(c3ccc(Cl)cc3)CCCC2)C1. The summed E-state index contributed by atoms with van der Waals surface area (Å²) in [7, 11) is -3.11.